The molecule has 2 aliphatic heterocycles. The zero-order valence-corrected chi connectivity index (χ0v) is 10.7. The maximum Gasteiger partial charge on any atom is 0.248 e. The lowest BCUT2D eigenvalue weighted by molar-refractivity contribution is -0.153. The Labute approximate surface area is 111 Å². The molecule has 0 saturated carbocycles. The monoisotopic (exact) mass is 260 g/mol. The summed E-state index contributed by atoms with van der Waals surface area (Å²) in [6.45, 7) is 1.96. The molecule has 5 nitrogen and oxygen atoms in total. The summed E-state index contributed by atoms with van der Waals surface area (Å²) in [5, 5.41) is 12.2. The predicted molar refractivity (Wildman–Crippen MR) is 68.1 cm³/mol. The molecule has 1 fully saturated rings. The van der Waals surface area contributed by atoms with Crippen LogP contribution in [0.2, 0.25) is 0 Å². The van der Waals surface area contributed by atoms with Crippen molar-refractivity contribution in [3.8, 4) is 0 Å². The molecule has 2 N–H and O–H groups in total. The number of amides is 2. The fourth-order valence-electron chi connectivity index (χ4n) is 2.81. The van der Waals surface area contributed by atoms with Crippen LogP contribution in [0.25, 0.3) is 0 Å². The molecule has 0 aromatic heterocycles. The summed E-state index contributed by atoms with van der Waals surface area (Å²) in [6.07, 6.45) is -0.338. The Morgan fingerprint density at radius 3 is 2.68 bits per heavy atom. The van der Waals surface area contributed by atoms with Crippen LogP contribution in [0.5, 0.6) is 0 Å². The van der Waals surface area contributed by atoms with Gasteiger partial charge >= 0.3 is 0 Å². The van der Waals surface area contributed by atoms with Gasteiger partial charge in [-0.05, 0) is 18.1 Å². The van der Waals surface area contributed by atoms with E-state index in [1.807, 2.05) is 24.3 Å². The van der Waals surface area contributed by atoms with Crippen LogP contribution in [0.1, 0.15) is 18.1 Å². The normalized spacial score (nSPS) is 27.4. The molecule has 100 valence electrons. The van der Waals surface area contributed by atoms with Crippen molar-refractivity contribution in [2.45, 2.75) is 38.1 Å². The maximum atomic E-state index is 12.3. The van der Waals surface area contributed by atoms with Crippen molar-refractivity contribution in [3.63, 3.8) is 0 Å². The molecule has 0 spiro atoms. The zero-order chi connectivity index (χ0) is 13.6. The number of hydrogen-bond donors (Lipinski definition) is 2. The minimum Gasteiger partial charge on any atom is -0.391 e. The Morgan fingerprint density at radius 2 is 2.00 bits per heavy atom. The first-order valence-electron chi connectivity index (χ1n) is 6.43. The first-order valence-corrected chi connectivity index (χ1v) is 6.43. The van der Waals surface area contributed by atoms with E-state index < -0.39 is 18.2 Å². The van der Waals surface area contributed by atoms with E-state index in [0.29, 0.717) is 13.0 Å². The Balaban J connectivity index is 1.95. The van der Waals surface area contributed by atoms with Crippen molar-refractivity contribution in [1.29, 1.82) is 0 Å². The van der Waals surface area contributed by atoms with Crippen molar-refractivity contribution in [2.24, 2.45) is 0 Å². The predicted octanol–water partition coefficient (Wildman–Crippen LogP) is -0.181. The molecule has 2 amide bonds. The second-order valence-corrected chi connectivity index (χ2v) is 5.18. The average Bonchev–Trinajstić information content (AvgIpc) is 2.41. The maximum absolute atomic E-state index is 12.3. The van der Waals surface area contributed by atoms with Crippen LogP contribution in [0.15, 0.2) is 24.3 Å². The highest BCUT2D eigenvalue weighted by atomic mass is 16.3. The number of rotatable bonds is 1. The highest BCUT2D eigenvalue weighted by Gasteiger charge is 2.44. The first-order chi connectivity index (χ1) is 9.08. The summed E-state index contributed by atoms with van der Waals surface area (Å²) in [6, 6.07) is 6.56. The number of hydrogen-bond acceptors (Lipinski definition) is 3. The number of aliphatic hydroxyl groups is 1. The number of carbonyl (C=O) groups excluding carboxylic acids is 2. The lowest BCUT2D eigenvalue weighted by Crippen LogP contribution is -2.67. The van der Waals surface area contributed by atoms with Gasteiger partial charge in [0.25, 0.3) is 0 Å². The third-order valence-electron chi connectivity index (χ3n) is 3.88. The lowest BCUT2D eigenvalue weighted by Gasteiger charge is -2.42. The number of benzene rings is 1. The van der Waals surface area contributed by atoms with Crippen LogP contribution in [0, 0.1) is 0 Å². The van der Waals surface area contributed by atoms with E-state index >= 15 is 0 Å². The third kappa shape index (κ3) is 1.90. The Morgan fingerprint density at radius 1 is 1.32 bits per heavy atom. The number of carbonyl (C=O) groups is 2. The molecule has 2 heterocycles. The molecule has 5 heteroatoms. The van der Waals surface area contributed by atoms with E-state index in [2.05, 4.69) is 5.32 Å². The van der Waals surface area contributed by atoms with Gasteiger partial charge in [-0.15, -0.1) is 0 Å². The van der Waals surface area contributed by atoms with Gasteiger partial charge in [0.2, 0.25) is 11.8 Å². The van der Waals surface area contributed by atoms with Crippen molar-refractivity contribution < 1.29 is 14.7 Å². The largest absolute Gasteiger partial charge is 0.391 e. The molecule has 1 saturated heterocycles. The van der Waals surface area contributed by atoms with Gasteiger partial charge in [0.15, 0.2) is 0 Å². The minimum absolute atomic E-state index is 0.181. The Bertz CT molecular complexity index is 541. The van der Waals surface area contributed by atoms with E-state index in [4.69, 9.17) is 0 Å². The Kier molecular flexibility index (Phi) is 2.78. The lowest BCUT2D eigenvalue weighted by atomic mass is 9.90. The molecule has 0 aliphatic carbocycles. The molecular weight excluding hydrogens is 244 g/mol. The highest BCUT2D eigenvalue weighted by molar-refractivity contribution is 5.97. The molecule has 19 heavy (non-hydrogen) atoms. The van der Waals surface area contributed by atoms with Gasteiger partial charge in [0, 0.05) is 13.0 Å². The van der Waals surface area contributed by atoms with E-state index in [9.17, 15) is 14.7 Å². The quantitative estimate of drug-likeness (QED) is 0.736. The Hall–Kier alpha value is -1.88. The zero-order valence-electron chi connectivity index (χ0n) is 10.7. The molecule has 0 unspecified atom stereocenters. The van der Waals surface area contributed by atoms with Crippen LogP contribution in [0.3, 0.4) is 0 Å². The topological polar surface area (TPSA) is 69.6 Å². The average molecular weight is 260 g/mol. The molecule has 2 aliphatic rings. The smallest absolute Gasteiger partial charge is 0.248 e. The first kappa shape index (κ1) is 12.2. The fourth-order valence-corrected chi connectivity index (χ4v) is 2.81. The summed E-state index contributed by atoms with van der Waals surface area (Å²) in [5.74, 6) is -0.380. The van der Waals surface area contributed by atoms with Gasteiger partial charge in [-0.2, -0.15) is 0 Å². The summed E-state index contributed by atoms with van der Waals surface area (Å²) in [4.78, 5) is 26.0. The van der Waals surface area contributed by atoms with Gasteiger partial charge in [0.1, 0.15) is 12.1 Å². The van der Waals surface area contributed by atoms with E-state index in [1.165, 1.54) is 6.92 Å². The summed E-state index contributed by atoms with van der Waals surface area (Å²) >= 11 is 0. The second-order valence-electron chi connectivity index (χ2n) is 5.18. The third-order valence-corrected chi connectivity index (χ3v) is 3.88. The van der Waals surface area contributed by atoms with Crippen LogP contribution in [-0.4, -0.2) is 40.0 Å². The molecule has 3 atom stereocenters. The SMILES string of the molecule is C[C@H](O)[C@@H]1NC(=O)[C@@H]2Cc3ccccc3CN2C1=O. The number of nitrogens with zero attached hydrogens (tertiary/aromatic N) is 1. The molecule has 0 radical (unpaired) electrons. The molecular formula is C14H16N2O3. The second kappa shape index (κ2) is 4.35. The van der Waals surface area contributed by atoms with Gasteiger partial charge in [-0.3, -0.25) is 9.59 Å². The van der Waals surface area contributed by atoms with Gasteiger partial charge < -0.3 is 15.3 Å². The van der Waals surface area contributed by atoms with E-state index in [1.54, 1.807) is 4.90 Å². The molecule has 3 rings (SSSR count). The number of nitrogens with one attached hydrogen (secondary N) is 1. The highest BCUT2D eigenvalue weighted by Crippen LogP contribution is 2.26. The summed E-state index contributed by atoms with van der Waals surface area (Å²) < 4.78 is 0. The van der Waals surface area contributed by atoms with Crippen LogP contribution >= 0.6 is 0 Å². The van der Waals surface area contributed by atoms with Crippen molar-refractivity contribution in [2.75, 3.05) is 0 Å². The number of fused-ring (bicyclic) bond motifs is 2. The van der Waals surface area contributed by atoms with Gasteiger partial charge in [-0.25, -0.2) is 0 Å². The standard InChI is InChI=1S/C14H16N2O3/c1-8(17)12-14(19)16-7-10-5-3-2-4-9(10)6-11(16)13(18)15-12/h2-5,8,11-12,17H,6-7H2,1H3,(H,15,18)/t8-,11-,12-/m0/s1. The van der Waals surface area contributed by atoms with E-state index in [0.717, 1.165) is 11.1 Å². The number of aliphatic hydroxyl groups excluding tert-OH is 1. The van der Waals surface area contributed by atoms with Crippen LogP contribution in [-0.2, 0) is 22.6 Å². The van der Waals surface area contributed by atoms with Crippen molar-refractivity contribution >= 4 is 11.8 Å². The molecule has 0 bridgehead atoms. The fraction of sp³-hybridized carbons (Fsp3) is 0.429. The molecule has 1 aromatic carbocycles. The van der Waals surface area contributed by atoms with Crippen LogP contribution < -0.4 is 5.32 Å². The number of piperazine rings is 1. The summed E-state index contributed by atoms with van der Waals surface area (Å²) in [5.41, 5.74) is 2.19. The van der Waals surface area contributed by atoms with Crippen LogP contribution in [0.4, 0.5) is 0 Å². The van der Waals surface area contributed by atoms with Crippen molar-refractivity contribution in [3.05, 3.63) is 35.4 Å². The van der Waals surface area contributed by atoms with Gasteiger partial charge in [-0.1, -0.05) is 24.3 Å². The van der Waals surface area contributed by atoms with E-state index in [-0.39, 0.29) is 11.8 Å². The minimum atomic E-state index is -0.880. The van der Waals surface area contributed by atoms with Gasteiger partial charge in [0.05, 0.1) is 6.10 Å². The van der Waals surface area contributed by atoms with Crippen molar-refractivity contribution in [1.82, 2.24) is 10.2 Å². The molecule has 1 aromatic rings. The summed E-state index contributed by atoms with van der Waals surface area (Å²) in [7, 11) is 0.